The third-order valence-electron chi connectivity index (χ3n) is 3.09. The Balaban J connectivity index is 2.13. The molecule has 1 N–H and O–H groups in total. The lowest BCUT2D eigenvalue weighted by molar-refractivity contribution is 0.0955. The zero-order valence-electron chi connectivity index (χ0n) is 13.9. The first kappa shape index (κ1) is 19.7. The number of ether oxygens (including phenoxy) is 2. The second-order valence-corrected chi connectivity index (χ2v) is 6.98. The highest BCUT2D eigenvalue weighted by atomic mass is 127. The lowest BCUT2D eigenvalue weighted by Crippen LogP contribution is -2.17. The number of hydrogen-bond acceptors (Lipinski definition) is 4. The molecule has 0 fully saturated rings. The maximum atomic E-state index is 12.1. The third-order valence-corrected chi connectivity index (χ3v) is 4.38. The molecule has 5 nitrogen and oxygen atoms in total. The monoisotopic (exact) mass is 516 g/mol. The Morgan fingerprint density at radius 1 is 1.24 bits per heavy atom. The number of benzene rings is 2. The molecule has 0 aromatic heterocycles. The van der Waals surface area contributed by atoms with Gasteiger partial charge in [0.05, 0.1) is 23.0 Å². The number of nitrogens with zero attached hydrogens (tertiary/aromatic N) is 1. The van der Waals surface area contributed by atoms with Gasteiger partial charge in [-0.1, -0.05) is 22.0 Å². The van der Waals surface area contributed by atoms with E-state index in [0.717, 1.165) is 19.4 Å². The molecule has 0 atom stereocenters. The fourth-order valence-corrected chi connectivity index (χ4v) is 3.25. The molecule has 0 radical (unpaired) electrons. The topological polar surface area (TPSA) is 59.9 Å². The van der Waals surface area contributed by atoms with Crippen LogP contribution in [-0.4, -0.2) is 25.3 Å². The van der Waals surface area contributed by atoms with Crippen molar-refractivity contribution in [2.24, 2.45) is 5.10 Å². The van der Waals surface area contributed by atoms with Gasteiger partial charge in [-0.15, -0.1) is 0 Å². The van der Waals surface area contributed by atoms with Crippen LogP contribution in [0.2, 0.25) is 0 Å². The first-order chi connectivity index (χ1) is 12.0. The summed E-state index contributed by atoms with van der Waals surface area (Å²) >= 11 is 5.53. The van der Waals surface area contributed by atoms with E-state index in [4.69, 9.17) is 9.47 Å². The maximum absolute atomic E-state index is 12.1. The summed E-state index contributed by atoms with van der Waals surface area (Å²) in [5, 5.41) is 4.03. The second kappa shape index (κ2) is 9.76. The van der Waals surface area contributed by atoms with E-state index in [1.165, 1.54) is 0 Å². The van der Waals surface area contributed by atoms with Crippen LogP contribution in [0, 0.1) is 3.57 Å². The molecule has 25 heavy (non-hydrogen) atoms. The van der Waals surface area contributed by atoms with Crippen molar-refractivity contribution in [1.29, 1.82) is 0 Å². The minimum Gasteiger partial charge on any atom is -0.490 e. The third kappa shape index (κ3) is 5.71. The molecule has 7 heteroatoms. The van der Waals surface area contributed by atoms with Crippen LogP contribution in [-0.2, 0) is 0 Å². The summed E-state index contributed by atoms with van der Waals surface area (Å²) in [5.74, 6) is 1.11. The fourth-order valence-electron chi connectivity index (χ4n) is 2.07. The number of hydrogen-bond donors (Lipinski definition) is 1. The van der Waals surface area contributed by atoms with Crippen molar-refractivity contribution >= 4 is 50.6 Å². The molecule has 0 saturated heterocycles. The summed E-state index contributed by atoms with van der Waals surface area (Å²) in [7, 11) is 0. The van der Waals surface area contributed by atoms with E-state index in [-0.39, 0.29) is 5.91 Å². The van der Waals surface area contributed by atoms with E-state index in [2.05, 4.69) is 49.0 Å². The Kier molecular flexibility index (Phi) is 7.70. The smallest absolute Gasteiger partial charge is 0.271 e. The molecule has 0 saturated carbocycles. The van der Waals surface area contributed by atoms with Gasteiger partial charge in [-0.3, -0.25) is 4.79 Å². The molecule has 0 unspecified atom stereocenters. The number of halogens is 2. The molecule has 132 valence electrons. The molecule has 2 rings (SSSR count). The van der Waals surface area contributed by atoms with E-state index >= 15 is 0 Å². The Bertz CT molecular complexity index is 781. The largest absolute Gasteiger partial charge is 0.490 e. The lowest BCUT2D eigenvalue weighted by atomic mass is 10.2. The average Bonchev–Trinajstić information content (AvgIpc) is 2.58. The average molecular weight is 517 g/mol. The predicted octanol–water partition coefficient (Wildman–Crippen LogP) is 4.62. The van der Waals surface area contributed by atoms with Gasteiger partial charge < -0.3 is 9.47 Å². The van der Waals surface area contributed by atoms with Gasteiger partial charge in [0.25, 0.3) is 5.91 Å². The molecule has 0 heterocycles. The Morgan fingerprint density at radius 2 is 2.00 bits per heavy atom. The number of carbonyl (C=O) groups excluding carboxylic acids is 1. The Hall–Kier alpha value is -1.61. The molecule has 0 aliphatic heterocycles. The molecule has 0 aliphatic rings. The SMILES string of the molecule is CCOc1cc(/C=N\NC(=O)c2cccc(Br)c2)cc(I)c1OCC. The first-order valence-electron chi connectivity index (χ1n) is 7.73. The van der Waals surface area contributed by atoms with Gasteiger partial charge in [0, 0.05) is 10.0 Å². The molecular formula is C18H18BrIN2O3. The number of nitrogens with one attached hydrogen (secondary N) is 1. The zero-order chi connectivity index (χ0) is 18.2. The standard InChI is InChI=1S/C18H18BrIN2O3/c1-3-24-16-9-12(8-15(20)17(16)25-4-2)11-21-22-18(23)13-6-5-7-14(19)10-13/h5-11H,3-4H2,1-2H3,(H,22,23)/b21-11-. The molecule has 0 aliphatic carbocycles. The number of hydrazone groups is 1. The normalized spacial score (nSPS) is 10.7. The van der Waals surface area contributed by atoms with Crippen molar-refractivity contribution in [3.63, 3.8) is 0 Å². The molecule has 2 aromatic carbocycles. The van der Waals surface area contributed by atoms with Crippen molar-refractivity contribution in [3.8, 4) is 11.5 Å². The summed E-state index contributed by atoms with van der Waals surface area (Å²) in [6, 6.07) is 10.9. The van der Waals surface area contributed by atoms with Crippen LogP contribution in [0.15, 0.2) is 46.0 Å². The highest BCUT2D eigenvalue weighted by molar-refractivity contribution is 14.1. The van der Waals surface area contributed by atoms with Gasteiger partial charge in [0.2, 0.25) is 0 Å². The Morgan fingerprint density at radius 3 is 2.68 bits per heavy atom. The van der Waals surface area contributed by atoms with Crippen molar-refractivity contribution in [3.05, 3.63) is 55.6 Å². The van der Waals surface area contributed by atoms with Crippen LogP contribution in [0.4, 0.5) is 0 Å². The fraction of sp³-hybridized carbons (Fsp3) is 0.222. The van der Waals surface area contributed by atoms with Crippen molar-refractivity contribution in [2.75, 3.05) is 13.2 Å². The van der Waals surface area contributed by atoms with E-state index in [9.17, 15) is 4.79 Å². The Labute approximate surface area is 169 Å². The molecule has 2 aromatic rings. The van der Waals surface area contributed by atoms with Gasteiger partial charge in [-0.2, -0.15) is 5.10 Å². The van der Waals surface area contributed by atoms with Crippen LogP contribution < -0.4 is 14.9 Å². The van der Waals surface area contributed by atoms with Crippen LogP contribution in [0.5, 0.6) is 11.5 Å². The minimum absolute atomic E-state index is 0.275. The zero-order valence-corrected chi connectivity index (χ0v) is 17.6. The maximum Gasteiger partial charge on any atom is 0.271 e. The molecule has 0 spiro atoms. The van der Waals surface area contributed by atoms with Gasteiger partial charge in [0.15, 0.2) is 11.5 Å². The van der Waals surface area contributed by atoms with E-state index in [1.54, 1.807) is 24.4 Å². The number of amides is 1. The molecule has 1 amide bonds. The lowest BCUT2D eigenvalue weighted by Gasteiger charge is -2.13. The summed E-state index contributed by atoms with van der Waals surface area (Å²) in [4.78, 5) is 12.1. The molecule has 0 bridgehead atoms. The second-order valence-electron chi connectivity index (χ2n) is 4.91. The van der Waals surface area contributed by atoms with Crippen LogP contribution >= 0.6 is 38.5 Å². The van der Waals surface area contributed by atoms with E-state index in [0.29, 0.717) is 24.5 Å². The number of rotatable bonds is 7. The van der Waals surface area contributed by atoms with Gasteiger partial charge >= 0.3 is 0 Å². The summed E-state index contributed by atoms with van der Waals surface area (Å²) in [6.07, 6.45) is 1.58. The highest BCUT2D eigenvalue weighted by Crippen LogP contribution is 2.33. The number of carbonyl (C=O) groups is 1. The summed E-state index contributed by atoms with van der Waals surface area (Å²) in [6.45, 7) is 4.95. The van der Waals surface area contributed by atoms with E-state index in [1.807, 2.05) is 32.0 Å². The van der Waals surface area contributed by atoms with Crippen LogP contribution in [0.25, 0.3) is 0 Å². The quantitative estimate of drug-likeness (QED) is 0.332. The van der Waals surface area contributed by atoms with Gasteiger partial charge in [0.1, 0.15) is 0 Å². The van der Waals surface area contributed by atoms with Gasteiger partial charge in [-0.05, 0) is 72.3 Å². The minimum atomic E-state index is -0.275. The summed E-state index contributed by atoms with van der Waals surface area (Å²) < 4.78 is 13.0. The summed E-state index contributed by atoms with van der Waals surface area (Å²) in [5.41, 5.74) is 3.86. The molecular weight excluding hydrogens is 499 g/mol. The first-order valence-corrected chi connectivity index (χ1v) is 9.60. The highest BCUT2D eigenvalue weighted by Gasteiger charge is 2.11. The predicted molar refractivity (Wildman–Crippen MR) is 111 cm³/mol. The van der Waals surface area contributed by atoms with Gasteiger partial charge in [-0.25, -0.2) is 5.43 Å². The van der Waals surface area contributed by atoms with E-state index < -0.39 is 0 Å². The van der Waals surface area contributed by atoms with Crippen molar-refractivity contribution < 1.29 is 14.3 Å². The van der Waals surface area contributed by atoms with Crippen LogP contribution in [0.1, 0.15) is 29.8 Å². The van der Waals surface area contributed by atoms with Crippen LogP contribution in [0.3, 0.4) is 0 Å². The van der Waals surface area contributed by atoms with Crippen molar-refractivity contribution in [1.82, 2.24) is 5.43 Å². The van der Waals surface area contributed by atoms with Crippen molar-refractivity contribution in [2.45, 2.75) is 13.8 Å².